The normalized spacial score (nSPS) is 17.8. The molecule has 0 aliphatic carbocycles. The highest BCUT2D eigenvalue weighted by Gasteiger charge is 2.31. The number of hydrogen-bond donors (Lipinski definition) is 1. The van der Waals surface area contributed by atoms with E-state index in [2.05, 4.69) is 0 Å². The van der Waals surface area contributed by atoms with Crippen molar-refractivity contribution < 1.29 is 19.4 Å². The van der Waals surface area contributed by atoms with Gasteiger partial charge in [0, 0.05) is 13.0 Å². The molecule has 1 aliphatic rings. The molecule has 1 amide bonds. The van der Waals surface area contributed by atoms with Gasteiger partial charge in [0.2, 0.25) is 5.91 Å². The molecule has 5 heteroatoms. The third-order valence-corrected chi connectivity index (χ3v) is 4.15. The quantitative estimate of drug-likeness (QED) is 0.785. The Morgan fingerprint density at radius 2 is 2.13 bits per heavy atom. The summed E-state index contributed by atoms with van der Waals surface area (Å²) in [6, 6.07) is 7.24. The zero-order valence-electron chi connectivity index (χ0n) is 13.7. The summed E-state index contributed by atoms with van der Waals surface area (Å²) in [6.07, 6.45) is 4.23. The Balaban J connectivity index is 1.69. The molecule has 126 valence electrons. The van der Waals surface area contributed by atoms with Gasteiger partial charge in [-0.2, -0.15) is 0 Å². The number of benzene rings is 1. The number of hydrogen-bond acceptors (Lipinski definition) is 3. The number of ether oxygens (including phenoxy) is 1. The fourth-order valence-electron chi connectivity index (χ4n) is 2.90. The first kappa shape index (κ1) is 17.3. The van der Waals surface area contributed by atoms with Crippen molar-refractivity contribution in [3.05, 3.63) is 29.8 Å². The van der Waals surface area contributed by atoms with Gasteiger partial charge in [0.1, 0.15) is 11.8 Å². The van der Waals surface area contributed by atoms with Crippen LogP contribution >= 0.6 is 0 Å². The number of aliphatic carboxylic acids is 1. The molecule has 23 heavy (non-hydrogen) atoms. The second kappa shape index (κ2) is 8.56. The Kier molecular flexibility index (Phi) is 6.44. The van der Waals surface area contributed by atoms with Crippen molar-refractivity contribution >= 4 is 11.9 Å². The van der Waals surface area contributed by atoms with Gasteiger partial charge < -0.3 is 14.7 Å². The van der Waals surface area contributed by atoms with Crippen LogP contribution < -0.4 is 4.74 Å². The van der Waals surface area contributed by atoms with Crippen LogP contribution in [0, 0.1) is 6.92 Å². The van der Waals surface area contributed by atoms with Crippen molar-refractivity contribution in [3.63, 3.8) is 0 Å². The van der Waals surface area contributed by atoms with Gasteiger partial charge >= 0.3 is 5.97 Å². The summed E-state index contributed by atoms with van der Waals surface area (Å²) in [6.45, 7) is 3.15. The van der Waals surface area contributed by atoms with Crippen LogP contribution in [0.1, 0.15) is 44.1 Å². The molecule has 5 nitrogen and oxygen atoms in total. The summed E-state index contributed by atoms with van der Waals surface area (Å²) in [4.78, 5) is 25.0. The fraction of sp³-hybridized carbons (Fsp3) is 0.556. The molecule has 2 rings (SSSR count). The number of amides is 1. The first-order valence-electron chi connectivity index (χ1n) is 8.29. The molecule has 1 unspecified atom stereocenters. The van der Waals surface area contributed by atoms with Crippen LogP contribution in [0.2, 0.25) is 0 Å². The zero-order chi connectivity index (χ0) is 16.7. The highest BCUT2D eigenvalue weighted by atomic mass is 16.5. The molecule has 1 atom stereocenters. The van der Waals surface area contributed by atoms with Crippen molar-refractivity contribution in [2.75, 3.05) is 13.2 Å². The van der Waals surface area contributed by atoms with Crippen LogP contribution in [-0.2, 0) is 9.59 Å². The summed E-state index contributed by atoms with van der Waals surface area (Å²) in [5.41, 5.74) is 1.16. The average molecular weight is 319 g/mol. The van der Waals surface area contributed by atoms with Gasteiger partial charge in [-0.15, -0.1) is 0 Å². The molecular formula is C18H25NO4. The van der Waals surface area contributed by atoms with Crippen molar-refractivity contribution in [1.82, 2.24) is 4.90 Å². The van der Waals surface area contributed by atoms with Crippen LogP contribution in [-0.4, -0.2) is 41.1 Å². The lowest BCUT2D eigenvalue weighted by Crippen LogP contribution is -2.47. The molecule has 1 saturated heterocycles. The first-order chi connectivity index (χ1) is 11.1. The summed E-state index contributed by atoms with van der Waals surface area (Å²) in [5.74, 6) is -0.0909. The minimum atomic E-state index is -0.888. The molecule has 1 N–H and O–H groups in total. The lowest BCUT2D eigenvalue weighted by atomic mass is 10.0. The number of rotatable bonds is 7. The van der Waals surface area contributed by atoms with Gasteiger partial charge in [-0.25, -0.2) is 4.79 Å². The predicted octanol–water partition coefficient (Wildman–Crippen LogP) is 3.01. The lowest BCUT2D eigenvalue weighted by Gasteiger charge is -2.33. The highest BCUT2D eigenvalue weighted by molar-refractivity contribution is 5.83. The van der Waals surface area contributed by atoms with E-state index in [1.165, 1.54) is 4.90 Å². The molecule has 1 aromatic rings. The highest BCUT2D eigenvalue weighted by Crippen LogP contribution is 2.19. The molecule has 1 fully saturated rings. The number of piperidine rings is 1. The Labute approximate surface area is 137 Å². The number of carbonyl (C=O) groups is 2. The van der Waals surface area contributed by atoms with Crippen LogP contribution in [0.5, 0.6) is 5.75 Å². The van der Waals surface area contributed by atoms with E-state index in [0.29, 0.717) is 32.4 Å². The maximum absolute atomic E-state index is 12.2. The van der Waals surface area contributed by atoms with E-state index in [4.69, 9.17) is 4.74 Å². The SMILES string of the molecule is Cc1cccc(OCCCCC(=O)N2CCCCC2C(=O)O)c1. The topological polar surface area (TPSA) is 66.8 Å². The number of nitrogens with zero attached hydrogens (tertiary/aromatic N) is 1. The standard InChI is InChI=1S/C18H25NO4/c1-14-7-6-8-15(13-14)23-12-5-3-10-17(20)19-11-4-2-9-16(19)18(21)22/h6-8,13,16H,2-5,9-12H2,1H3,(H,21,22). The molecule has 0 spiro atoms. The van der Waals surface area contributed by atoms with Crippen molar-refractivity contribution in [3.8, 4) is 5.75 Å². The minimum Gasteiger partial charge on any atom is -0.494 e. The fourth-order valence-corrected chi connectivity index (χ4v) is 2.90. The van der Waals surface area contributed by atoms with Gasteiger partial charge in [0.15, 0.2) is 0 Å². The van der Waals surface area contributed by atoms with E-state index in [-0.39, 0.29) is 5.91 Å². The summed E-state index contributed by atoms with van der Waals surface area (Å²) >= 11 is 0. The monoisotopic (exact) mass is 319 g/mol. The van der Waals surface area contributed by atoms with Crippen molar-refractivity contribution in [2.24, 2.45) is 0 Å². The molecule has 1 heterocycles. The second-order valence-corrected chi connectivity index (χ2v) is 6.06. The third kappa shape index (κ3) is 5.27. The largest absolute Gasteiger partial charge is 0.494 e. The number of likely N-dealkylation sites (tertiary alicyclic amines) is 1. The van der Waals surface area contributed by atoms with Crippen LogP contribution in [0.15, 0.2) is 24.3 Å². The number of aryl methyl sites for hydroxylation is 1. The predicted molar refractivity (Wildman–Crippen MR) is 87.5 cm³/mol. The number of carbonyl (C=O) groups excluding carboxylic acids is 1. The Morgan fingerprint density at radius 3 is 2.87 bits per heavy atom. The van der Waals surface area contributed by atoms with Gasteiger partial charge in [0.05, 0.1) is 6.61 Å². The number of carboxylic acids is 1. The minimum absolute atomic E-state index is 0.0485. The van der Waals surface area contributed by atoms with E-state index in [1.807, 2.05) is 31.2 Å². The molecule has 1 aromatic carbocycles. The Bertz CT molecular complexity index is 544. The third-order valence-electron chi connectivity index (χ3n) is 4.15. The zero-order valence-corrected chi connectivity index (χ0v) is 13.7. The summed E-state index contributed by atoms with van der Waals surface area (Å²) < 4.78 is 5.65. The molecule has 0 saturated carbocycles. The van der Waals surface area contributed by atoms with E-state index >= 15 is 0 Å². The molecular weight excluding hydrogens is 294 g/mol. The second-order valence-electron chi connectivity index (χ2n) is 6.06. The van der Waals surface area contributed by atoms with Crippen LogP contribution in [0.3, 0.4) is 0 Å². The van der Waals surface area contributed by atoms with Gasteiger partial charge in [-0.1, -0.05) is 12.1 Å². The van der Waals surface area contributed by atoms with E-state index < -0.39 is 12.0 Å². The van der Waals surface area contributed by atoms with Gasteiger partial charge in [0.25, 0.3) is 0 Å². The van der Waals surface area contributed by atoms with E-state index in [1.54, 1.807) is 0 Å². The summed E-state index contributed by atoms with van der Waals surface area (Å²) in [7, 11) is 0. The van der Waals surface area contributed by atoms with Crippen LogP contribution in [0.25, 0.3) is 0 Å². The average Bonchev–Trinajstić information content (AvgIpc) is 2.54. The van der Waals surface area contributed by atoms with E-state index in [0.717, 1.165) is 30.6 Å². The molecule has 0 bridgehead atoms. The molecule has 1 aliphatic heterocycles. The number of carboxylic acid groups (broad SMARTS) is 1. The molecule has 0 radical (unpaired) electrons. The Morgan fingerprint density at radius 1 is 1.30 bits per heavy atom. The maximum Gasteiger partial charge on any atom is 0.326 e. The van der Waals surface area contributed by atoms with Crippen molar-refractivity contribution in [2.45, 2.75) is 51.5 Å². The number of unbranched alkanes of at least 4 members (excludes halogenated alkanes) is 1. The van der Waals surface area contributed by atoms with Crippen molar-refractivity contribution in [1.29, 1.82) is 0 Å². The van der Waals surface area contributed by atoms with E-state index in [9.17, 15) is 14.7 Å². The van der Waals surface area contributed by atoms with Gasteiger partial charge in [-0.05, 0) is 56.7 Å². The molecule has 0 aromatic heterocycles. The Hall–Kier alpha value is -2.04. The first-order valence-corrected chi connectivity index (χ1v) is 8.29. The summed E-state index contributed by atoms with van der Waals surface area (Å²) in [5, 5.41) is 9.20. The van der Waals surface area contributed by atoms with Crippen LogP contribution in [0.4, 0.5) is 0 Å². The van der Waals surface area contributed by atoms with Gasteiger partial charge in [-0.3, -0.25) is 4.79 Å². The smallest absolute Gasteiger partial charge is 0.326 e. The maximum atomic E-state index is 12.2. The lowest BCUT2D eigenvalue weighted by molar-refractivity contribution is -0.152.